The second-order valence-corrected chi connectivity index (χ2v) is 6.02. The average Bonchev–Trinajstić information content (AvgIpc) is 2.47. The van der Waals surface area contributed by atoms with Crippen LogP contribution in [0.1, 0.15) is 43.5 Å². The molecule has 1 saturated heterocycles. The molecule has 1 amide bonds. The molecule has 1 fully saturated rings. The summed E-state index contributed by atoms with van der Waals surface area (Å²) < 4.78 is 0. The summed E-state index contributed by atoms with van der Waals surface area (Å²) in [5.41, 5.74) is 0.411. The predicted molar refractivity (Wildman–Crippen MR) is 84.6 cm³/mol. The van der Waals surface area contributed by atoms with Gasteiger partial charge in [-0.3, -0.25) is 4.79 Å². The van der Waals surface area contributed by atoms with E-state index in [1.54, 1.807) is 6.07 Å². The van der Waals surface area contributed by atoms with E-state index in [-0.39, 0.29) is 23.7 Å². The molecule has 0 aliphatic carbocycles. The second kappa shape index (κ2) is 5.40. The Labute approximate surface area is 125 Å². The van der Waals surface area contributed by atoms with E-state index in [1.165, 1.54) is 0 Å². The summed E-state index contributed by atoms with van der Waals surface area (Å²) in [4.78, 5) is 14.8. The van der Waals surface area contributed by atoms with E-state index < -0.39 is 0 Å². The average molecular weight is 283 g/mol. The summed E-state index contributed by atoms with van der Waals surface area (Å²) in [5.74, 6) is 0.0426. The zero-order valence-corrected chi connectivity index (χ0v) is 12.5. The highest BCUT2D eigenvalue weighted by Gasteiger charge is 2.31. The maximum atomic E-state index is 12.9. The standard InChI is InChI=1S/C18H21NO2/c1-12-6-5-7-13(2)19(12)18(21)16-11-10-14-8-3-4-9-15(14)17(16)20/h3-4,8-13,20H,5-7H2,1-2H3/t12-,13+. The molecular weight excluding hydrogens is 262 g/mol. The van der Waals surface area contributed by atoms with Crippen LogP contribution in [0.15, 0.2) is 36.4 Å². The molecule has 1 aliphatic heterocycles. The summed E-state index contributed by atoms with van der Waals surface area (Å²) in [5, 5.41) is 12.2. The van der Waals surface area contributed by atoms with Gasteiger partial charge in [0.2, 0.25) is 0 Å². The lowest BCUT2D eigenvalue weighted by molar-refractivity contribution is 0.0508. The molecule has 0 spiro atoms. The third-order valence-electron chi connectivity index (χ3n) is 4.56. The Bertz CT molecular complexity index is 670. The smallest absolute Gasteiger partial charge is 0.258 e. The number of aromatic hydroxyl groups is 1. The third kappa shape index (κ3) is 2.37. The lowest BCUT2D eigenvalue weighted by atomic mass is 9.95. The summed E-state index contributed by atoms with van der Waals surface area (Å²) >= 11 is 0. The quantitative estimate of drug-likeness (QED) is 0.861. The Morgan fingerprint density at radius 3 is 2.48 bits per heavy atom. The predicted octanol–water partition coefficient (Wildman–Crippen LogP) is 3.95. The van der Waals surface area contributed by atoms with E-state index in [1.807, 2.05) is 35.2 Å². The minimum Gasteiger partial charge on any atom is -0.506 e. The van der Waals surface area contributed by atoms with Crippen LogP contribution in [0.5, 0.6) is 5.75 Å². The van der Waals surface area contributed by atoms with E-state index >= 15 is 0 Å². The second-order valence-electron chi connectivity index (χ2n) is 6.02. The maximum Gasteiger partial charge on any atom is 0.258 e. The minimum atomic E-state index is -0.0575. The van der Waals surface area contributed by atoms with Gasteiger partial charge in [-0.25, -0.2) is 0 Å². The van der Waals surface area contributed by atoms with E-state index in [4.69, 9.17) is 0 Å². The van der Waals surface area contributed by atoms with Crippen LogP contribution in [0.3, 0.4) is 0 Å². The van der Waals surface area contributed by atoms with Crippen LogP contribution in [-0.2, 0) is 0 Å². The summed E-state index contributed by atoms with van der Waals surface area (Å²) in [6, 6.07) is 11.7. The SMILES string of the molecule is C[C@@H]1CCC[C@H](C)N1C(=O)c1ccc2ccccc2c1O. The number of fused-ring (bicyclic) bond motifs is 1. The van der Waals surface area contributed by atoms with Gasteiger partial charge >= 0.3 is 0 Å². The van der Waals surface area contributed by atoms with Crippen molar-refractivity contribution in [1.29, 1.82) is 0 Å². The van der Waals surface area contributed by atoms with Gasteiger partial charge in [-0.1, -0.05) is 30.3 Å². The number of piperidine rings is 1. The Morgan fingerprint density at radius 1 is 1.10 bits per heavy atom. The number of carbonyl (C=O) groups is 1. The van der Waals surface area contributed by atoms with E-state index in [9.17, 15) is 9.90 Å². The number of nitrogens with zero attached hydrogens (tertiary/aromatic N) is 1. The number of carbonyl (C=O) groups excluding carboxylic acids is 1. The van der Waals surface area contributed by atoms with Crippen LogP contribution in [0.2, 0.25) is 0 Å². The van der Waals surface area contributed by atoms with Crippen LogP contribution < -0.4 is 0 Å². The van der Waals surface area contributed by atoms with E-state index in [0.29, 0.717) is 5.56 Å². The van der Waals surface area contributed by atoms with Gasteiger partial charge in [0.25, 0.3) is 5.91 Å². The molecular formula is C18H21NO2. The summed E-state index contributed by atoms with van der Waals surface area (Å²) in [6.07, 6.45) is 3.23. The van der Waals surface area contributed by atoms with Gasteiger partial charge in [-0.05, 0) is 44.6 Å². The van der Waals surface area contributed by atoms with Gasteiger partial charge < -0.3 is 10.0 Å². The molecule has 3 heteroatoms. The number of hydrogen-bond acceptors (Lipinski definition) is 2. The summed E-state index contributed by atoms with van der Waals surface area (Å²) in [7, 11) is 0. The highest BCUT2D eigenvalue weighted by atomic mass is 16.3. The molecule has 0 aromatic heterocycles. The van der Waals surface area contributed by atoms with Gasteiger partial charge in [0.1, 0.15) is 5.75 Å². The van der Waals surface area contributed by atoms with Crippen LogP contribution in [-0.4, -0.2) is 28.0 Å². The number of phenolic OH excluding ortho intramolecular Hbond substituents is 1. The van der Waals surface area contributed by atoms with Gasteiger partial charge in [-0.15, -0.1) is 0 Å². The molecule has 3 rings (SSSR count). The van der Waals surface area contributed by atoms with Crippen molar-refractivity contribution in [3.8, 4) is 5.75 Å². The largest absolute Gasteiger partial charge is 0.506 e. The number of rotatable bonds is 1. The van der Waals surface area contributed by atoms with Gasteiger partial charge in [0, 0.05) is 17.5 Å². The van der Waals surface area contributed by atoms with Crippen molar-refractivity contribution in [2.75, 3.05) is 0 Å². The number of amides is 1. The molecule has 2 aromatic rings. The fraction of sp³-hybridized carbons (Fsp3) is 0.389. The van der Waals surface area contributed by atoms with Crippen molar-refractivity contribution in [2.45, 2.75) is 45.2 Å². The highest BCUT2D eigenvalue weighted by molar-refractivity contribution is 6.03. The van der Waals surface area contributed by atoms with Crippen molar-refractivity contribution in [3.63, 3.8) is 0 Å². The van der Waals surface area contributed by atoms with E-state index in [0.717, 1.165) is 30.0 Å². The first-order valence-corrected chi connectivity index (χ1v) is 7.63. The first kappa shape index (κ1) is 13.9. The van der Waals surface area contributed by atoms with Gasteiger partial charge in [-0.2, -0.15) is 0 Å². The summed E-state index contributed by atoms with van der Waals surface area (Å²) in [6.45, 7) is 4.18. The molecule has 0 saturated carbocycles. The Balaban J connectivity index is 2.03. The monoisotopic (exact) mass is 283 g/mol. The normalized spacial score (nSPS) is 22.5. The molecule has 3 nitrogen and oxygen atoms in total. The minimum absolute atomic E-state index is 0.0575. The molecule has 0 unspecified atom stereocenters. The van der Waals surface area contributed by atoms with Crippen LogP contribution in [0, 0.1) is 0 Å². The molecule has 1 aliphatic rings. The zero-order valence-electron chi connectivity index (χ0n) is 12.5. The van der Waals surface area contributed by atoms with Crippen LogP contribution in [0.4, 0.5) is 0 Å². The van der Waals surface area contributed by atoms with Gasteiger partial charge in [0.05, 0.1) is 5.56 Å². The number of phenols is 1. The first-order valence-electron chi connectivity index (χ1n) is 7.63. The maximum absolute atomic E-state index is 12.9. The Morgan fingerprint density at radius 2 is 1.76 bits per heavy atom. The molecule has 2 atom stereocenters. The molecule has 2 aromatic carbocycles. The van der Waals surface area contributed by atoms with Crippen LogP contribution >= 0.6 is 0 Å². The highest BCUT2D eigenvalue weighted by Crippen LogP contribution is 2.32. The van der Waals surface area contributed by atoms with Crippen molar-refractivity contribution in [3.05, 3.63) is 42.0 Å². The fourth-order valence-corrected chi connectivity index (χ4v) is 3.39. The fourth-order valence-electron chi connectivity index (χ4n) is 3.39. The first-order chi connectivity index (χ1) is 10.1. The third-order valence-corrected chi connectivity index (χ3v) is 4.56. The number of benzene rings is 2. The van der Waals surface area contributed by atoms with Gasteiger partial charge in [0.15, 0.2) is 0 Å². The van der Waals surface area contributed by atoms with Crippen LogP contribution in [0.25, 0.3) is 10.8 Å². The number of hydrogen-bond donors (Lipinski definition) is 1. The molecule has 1 N–H and O–H groups in total. The molecule has 21 heavy (non-hydrogen) atoms. The molecule has 0 radical (unpaired) electrons. The molecule has 0 bridgehead atoms. The van der Waals surface area contributed by atoms with Crippen molar-refractivity contribution >= 4 is 16.7 Å². The zero-order chi connectivity index (χ0) is 15.0. The topological polar surface area (TPSA) is 40.5 Å². The van der Waals surface area contributed by atoms with Crippen molar-refractivity contribution in [2.24, 2.45) is 0 Å². The van der Waals surface area contributed by atoms with Crippen molar-refractivity contribution < 1.29 is 9.90 Å². The molecule has 110 valence electrons. The lowest BCUT2D eigenvalue weighted by Gasteiger charge is -2.39. The van der Waals surface area contributed by atoms with Crippen molar-refractivity contribution in [1.82, 2.24) is 4.90 Å². The Hall–Kier alpha value is -2.03. The number of likely N-dealkylation sites (tertiary alicyclic amines) is 1. The van der Waals surface area contributed by atoms with E-state index in [2.05, 4.69) is 13.8 Å². The lowest BCUT2D eigenvalue weighted by Crippen LogP contribution is -2.47. The molecule has 1 heterocycles. The Kier molecular flexibility index (Phi) is 3.58.